The van der Waals surface area contributed by atoms with Gasteiger partial charge in [-0.05, 0) is 49.9 Å². The summed E-state index contributed by atoms with van der Waals surface area (Å²) < 4.78 is 5.53. The van der Waals surface area contributed by atoms with Gasteiger partial charge in [0.25, 0.3) is 0 Å². The van der Waals surface area contributed by atoms with E-state index in [1.165, 1.54) is 11.3 Å². The molecule has 3 aromatic rings. The van der Waals surface area contributed by atoms with Crippen LogP contribution in [-0.4, -0.2) is 40.8 Å². The number of nitrogens with one attached hydrogen (secondary N) is 2. The maximum atomic E-state index is 13.9. The van der Waals surface area contributed by atoms with Crippen molar-refractivity contribution in [3.8, 4) is 0 Å². The van der Waals surface area contributed by atoms with Gasteiger partial charge in [-0.15, -0.1) is 0 Å². The van der Waals surface area contributed by atoms with Crippen molar-refractivity contribution in [1.82, 2.24) is 15.2 Å². The topological polar surface area (TPSA) is 86.4 Å². The summed E-state index contributed by atoms with van der Waals surface area (Å²) in [5, 5.41) is 10.8. The highest BCUT2D eigenvalue weighted by Crippen LogP contribution is 2.40. The van der Waals surface area contributed by atoms with E-state index in [0.29, 0.717) is 6.54 Å². The maximum Gasteiger partial charge on any atom is 0.230 e. The maximum absolute atomic E-state index is 13.9. The van der Waals surface area contributed by atoms with Crippen molar-refractivity contribution in [2.45, 2.75) is 51.3 Å². The fourth-order valence-corrected chi connectivity index (χ4v) is 5.51. The number of rotatable bonds is 3. The van der Waals surface area contributed by atoms with Crippen LogP contribution in [0, 0.1) is 5.92 Å². The predicted octanol–water partition coefficient (Wildman–Crippen LogP) is 4.16. The normalized spacial score (nSPS) is 21.7. The monoisotopic (exact) mass is 458 g/mol. The molecule has 176 valence electrons. The second kappa shape index (κ2) is 8.76. The van der Waals surface area contributed by atoms with Gasteiger partial charge in [-0.3, -0.25) is 9.89 Å². The zero-order valence-electron chi connectivity index (χ0n) is 19.5. The Labute approximate surface area is 199 Å². The van der Waals surface area contributed by atoms with Gasteiger partial charge >= 0.3 is 0 Å². The van der Waals surface area contributed by atoms with Crippen molar-refractivity contribution in [2.24, 2.45) is 5.92 Å². The molecule has 1 aromatic carbocycles. The molecule has 2 aromatic heterocycles. The van der Waals surface area contributed by atoms with Gasteiger partial charge in [0.15, 0.2) is 0 Å². The Balaban J connectivity index is 1.34. The molecule has 0 atom stereocenters. The van der Waals surface area contributed by atoms with Crippen molar-refractivity contribution in [1.29, 1.82) is 0 Å². The first-order chi connectivity index (χ1) is 16.7. The van der Waals surface area contributed by atoms with Gasteiger partial charge in [0.2, 0.25) is 5.91 Å². The third-order valence-electron chi connectivity index (χ3n) is 7.53. The molecule has 2 N–H and O–H groups in total. The summed E-state index contributed by atoms with van der Waals surface area (Å²) >= 11 is 0. The minimum atomic E-state index is 0.0182. The highest BCUT2D eigenvalue weighted by Gasteiger charge is 2.33. The van der Waals surface area contributed by atoms with Crippen molar-refractivity contribution >= 4 is 28.8 Å². The molecule has 0 saturated heterocycles. The summed E-state index contributed by atoms with van der Waals surface area (Å²) in [6, 6.07) is 10.4. The lowest BCUT2D eigenvalue weighted by Gasteiger charge is -2.33. The van der Waals surface area contributed by atoms with Crippen LogP contribution in [0.3, 0.4) is 0 Å². The van der Waals surface area contributed by atoms with Crippen LogP contribution in [0.25, 0.3) is 0 Å². The van der Waals surface area contributed by atoms with Crippen LogP contribution in [0.4, 0.5) is 22.9 Å². The fourth-order valence-electron chi connectivity index (χ4n) is 5.51. The third kappa shape index (κ3) is 3.81. The van der Waals surface area contributed by atoms with E-state index in [0.717, 1.165) is 73.6 Å². The molecule has 0 unspecified atom stereocenters. The second-order valence-electron chi connectivity index (χ2n) is 9.52. The number of fused-ring (bicyclic) bond motifs is 3. The van der Waals surface area contributed by atoms with Crippen molar-refractivity contribution in [3.05, 3.63) is 59.5 Å². The minimum Gasteiger partial charge on any atom is -0.381 e. The van der Waals surface area contributed by atoms with Crippen LogP contribution in [-0.2, 0) is 29.0 Å². The van der Waals surface area contributed by atoms with Gasteiger partial charge in [-0.2, -0.15) is 5.10 Å². The second-order valence-corrected chi connectivity index (χ2v) is 9.52. The molecule has 34 heavy (non-hydrogen) atoms. The third-order valence-corrected chi connectivity index (χ3v) is 7.53. The lowest BCUT2D eigenvalue weighted by atomic mass is 9.86. The number of carbonyl (C=O) groups is 1. The molecule has 8 heteroatoms. The van der Waals surface area contributed by atoms with E-state index in [1.807, 2.05) is 17.2 Å². The molecular weight excluding hydrogens is 428 g/mol. The number of aromatic nitrogens is 3. The Hall–Kier alpha value is -3.39. The Bertz CT molecular complexity index is 1200. The summed E-state index contributed by atoms with van der Waals surface area (Å²) in [7, 11) is 1.77. The number of ether oxygens (including phenoxy) is 1. The number of hydrogen-bond acceptors (Lipinski definition) is 6. The molecule has 8 nitrogen and oxygen atoms in total. The Morgan fingerprint density at radius 1 is 1.12 bits per heavy atom. The number of amides is 1. The van der Waals surface area contributed by atoms with Gasteiger partial charge in [-0.25, -0.2) is 4.98 Å². The van der Waals surface area contributed by atoms with E-state index < -0.39 is 0 Å². The number of anilines is 4. The molecule has 4 heterocycles. The van der Waals surface area contributed by atoms with Crippen LogP contribution < -0.4 is 15.1 Å². The van der Waals surface area contributed by atoms with Crippen LogP contribution in [0.1, 0.15) is 42.5 Å². The van der Waals surface area contributed by atoms with Crippen molar-refractivity contribution in [3.63, 3.8) is 0 Å². The molecule has 3 aliphatic rings. The predicted molar refractivity (Wildman–Crippen MR) is 131 cm³/mol. The average molecular weight is 459 g/mol. The first-order valence-electron chi connectivity index (χ1n) is 12.1. The molecule has 2 aliphatic heterocycles. The molecule has 1 saturated carbocycles. The van der Waals surface area contributed by atoms with Crippen molar-refractivity contribution in [2.75, 3.05) is 28.8 Å². The lowest BCUT2D eigenvalue weighted by Crippen LogP contribution is -2.38. The number of hydrogen-bond donors (Lipinski definition) is 2. The highest BCUT2D eigenvalue weighted by molar-refractivity contribution is 6.00. The van der Waals surface area contributed by atoms with Gasteiger partial charge in [0.1, 0.15) is 5.82 Å². The number of carbonyl (C=O) groups excluding carboxylic acids is 1. The number of nitrogens with zero attached hydrogens (tertiary/aromatic N) is 4. The average Bonchev–Trinajstić information content (AvgIpc) is 3.29. The minimum absolute atomic E-state index is 0.0182. The largest absolute Gasteiger partial charge is 0.381 e. The first kappa shape index (κ1) is 21.2. The molecule has 1 aliphatic carbocycles. The summed E-state index contributed by atoms with van der Waals surface area (Å²) in [5.41, 5.74) is 6.44. The van der Waals surface area contributed by atoms with E-state index in [4.69, 9.17) is 4.74 Å². The van der Waals surface area contributed by atoms with Crippen molar-refractivity contribution < 1.29 is 9.53 Å². The molecule has 0 radical (unpaired) electrons. The first-order valence-corrected chi connectivity index (χ1v) is 12.1. The highest BCUT2D eigenvalue weighted by atomic mass is 16.5. The number of aromatic amines is 1. The standard InChI is InChI=1S/C26H30N6O2/c1-34-21-7-4-17(5-8-21)26(33)32-16-18-3-2-11-27-25(18)29-23-9-6-20(13-24(23)32)31-12-10-22-19(15-31)14-28-30-22/h2-3,6,9,11,13-14,17,21H,4-5,7-8,10,12,15-16H2,1H3,(H,27,29)(H,28,30). The molecule has 1 amide bonds. The SMILES string of the molecule is COC1CCC(C(=O)N2Cc3cccnc3Nc3ccc(N4CCc5[nH]ncc5C4)cc32)CC1. The number of methoxy groups -OCH3 is 1. The van der Waals surface area contributed by atoms with Crippen LogP contribution in [0.2, 0.25) is 0 Å². The summed E-state index contributed by atoms with van der Waals surface area (Å²) in [5.74, 6) is 1.03. The van der Waals surface area contributed by atoms with E-state index in [-0.39, 0.29) is 17.9 Å². The smallest absolute Gasteiger partial charge is 0.230 e. The quantitative estimate of drug-likeness (QED) is 0.613. The zero-order valence-corrected chi connectivity index (χ0v) is 19.5. The van der Waals surface area contributed by atoms with E-state index in [9.17, 15) is 4.79 Å². The number of H-pyrrole nitrogens is 1. The summed E-state index contributed by atoms with van der Waals surface area (Å²) in [4.78, 5) is 22.8. The van der Waals surface area contributed by atoms with Gasteiger partial charge in [-0.1, -0.05) is 6.07 Å². The number of pyridine rings is 1. The van der Waals surface area contributed by atoms with Crippen LogP contribution in [0.15, 0.2) is 42.7 Å². The Kier molecular flexibility index (Phi) is 5.45. The fraction of sp³-hybridized carbons (Fsp3) is 0.423. The molecule has 0 bridgehead atoms. The van der Waals surface area contributed by atoms with Gasteiger partial charge < -0.3 is 19.9 Å². The summed E-state index contributed by atoms with van der Waals surface area (Å²) in [6.45, 7) is 2.24. The van der Waals surface area contributed by atoms with E-state index in [2.05, 4.69) is 49.7 Å². The van der Waals surface area contributed by atoms with Crippen LogP contribution in [0.5, 0.6) is 0 Å². The number of benzene rings is 1. The van der Waals surface area contributed by atoms with E-state index in [1.54, 1.807) is 13.3 Å². The lowest BCUT2D eigenvalue weighted by molar-refractivity contribution is -0.124. The summed E-state index contributed by atoms with van der Waals surface area (Å²) in [6.07, 6.45) is 8.52. The van der Waals surface area contributed by atoms with E-state index >= 15 is 0 Å². The zero-order chi connectivity index (χ0) is 23.1. The Morgan fingerprint density at radius 3 is 2.85 bits per heavy atom. The Morgan fingerprint density at radius 2 is 2.00 bits per heavy atom. The molecule has 0 spiro atoms. The molecule has 6 rings (SSSR count). The van der Waals surface area contributed by atoms with Gasteiger partial charge in [0, 0.05) is 61.2 Å². The van der Waals surface area contributed by atoms with Gasteiger partial charge in [0.05, 0.1) is 30.2 Å². The van der Waals surface area contributed by atoms with Crippen LogP contribution >= 0.6 is 0 Å². The molecule has 1 fully saturated rings. The molecular formula is C26H30N6O2.